The van der Waals surface area contributed by atoms with Gasteiger partial charge in [-0.1, -0.05) is 48.5 Å². The van der Waals surface area contributed by atoms with Gasteiger partial charge in [0.1, 0.15) is 0 Å². The maximum Gasteiger partial charge on any atom is 0.309 e. The summed E-state index contributed by atoms with van der Waals surface area (Å²) >= 11 is 0. The van der Waals surface area contributed by atoms with E-state index in [1.54, 1.807) is 15.6 Å². The zero-order chi connectivity index (χ0) is 22.7. The molecule has 0 aliphatic carbocycles. The quantitative estimate of drug-likeness (QED) is 0.485. The molecule has 0 atom stereocenters. The van der Waals surface area contributed by atoms with Crippen LogP contribution in [0.5, 0.6) is 0 Å². The highest BCUT2D eigenvalue weighted by Crippen LogP contribution is 2.21. The molecule has 2 N–H and O–H groups in total. The third-order valence-corrected chi connectivity index (χ3v) is 4.66. The van der Waals surface area contributed by atoms with Crippen LogP contribution in [-0.2, 0) is 5.54 Å². The molecular weight excluding hydrogens is 406 g/mol. The number of nitrogens with zero attached hydrogens (tertiary/aromatic N) is 5. The molecule has 4 aromatic rings. The van der Waals surface area contributed by atoms with Crippen molar-refractivity contribution in [3.05, 3.63) is 84.4 Å². The summed E-state index contributed by atoms with van der Waals surface area (Å²) in [4.78, 5) is 29.5. The summed E-state index contributed by atoms with van der Waals surface area (Å²) < 4.78 is 3.28. The first-order valence-corrected chi connectivity index (χ1v) is 10.1. The number of nitrogens with one attached hydrogen (secondary N) is 2. The Balaban J connectivity index is 1.54. The Morgan fingerprint density at radius 3 is 2.12 bits per heavy atom. The molecule has 162 valence electrons. The molecule has 0 aliphatic heterocycles. The summed E-state index contributed by atoms with van der Waals surface area (Å²) in [6.07, 6.45) is 3.07. The lowest BCUT2D eigenvalue weighted by atomic mass is 10.1. The van der Waals surface area contributed by atoms with Crippen molar-refractivity contribution >= 4 is 11.8 Å². The highest BCUT2D eigenvalue weighted by molar-refractivity contribution is 5.97. The van der Waals surface area contributed by atoms with E-state index in [0.717, 1.165) is 11.3 Å². The van der Waals surface area contributed by atoms with Crippen LogP contribution in [0.4, 0.5) is 0 Å². The van der Waals surface area contributed by atoms with Crippen molar-refractivity contribution < 1.29 is 9.59 Å². The number of amides is 2. The fourth-order valence-corrected chi connectivity index (χ4v) is 2.98. The van der Waals surface area contributed by atoms with Gasteiger partial charge in [-0.15, -0.1) is 5.10 Å². The maximum absolute atomic E-state index is 12.7. The zero-order valence-electron chi connectivity index (χ0n) is 18.0. The summed E-state index contributed by atoms with van der Waals surface area (Å²) in [6, 6.07) is 18.8. The van der Waals surface area contributed by atoms with Gasteiger partial charge in [-0.05, 0) is 32.9 Å². The molecule has 0 bridgehead atoms. The number of aromatic nitrogens is 5. The second-order valence-electron chi connectivity index (χ2n) is 8.13. The fraction of sp³-hybridized carbons (Fsp3) is 0.174. The minimum atomic E-state index is -0.631. The Morgan fingerprint density at radius 1 is 0.875 bits per heavy atom. The molecule has 0 radical (unpaired) electrons. The second-order valence-corrected chi connectivity index (χ2v) is 8.13. The lowest BCUT2D eigenvalue weighted by molar-refractivity contribution is 0.0841. The Kier molecular flexibility index (Phi) is 5.55. The maximum atomic E-state index is 12.7. The first-order valence-electron chi connectivity index (χ1n) is 10.1. The van der Waals surface area contributed by atoms with Gasteiger partial charge >= 0.3 is 5.91 Å². The molecule has 2 amide bonds. The van der Waals surface area contributed by atoms with Gasteiger partial charge < -0.3 is 0 Å². The Morgan fingerprint density at radius 2 is 1.50 bits per heavy atom. The van der Waals surface area contributed by atoms with Crippen molar-refractivity contribution in [2.75, 3.05) is 0 Å². The molecule has 9 heteroatoms. The highest BCUT2D eigenvalue weighted by Gasteiger charge is 2.20. The van der Waals surface area contributed by atoms with Gasteiger partial charge in [0, 0.05) is 11.8 Å². The molecule has 2 heterocycles. The van der Waals surface area contributed by atoms with E-state index in [2.05, 4.69) is 26.0 Å². The molecule has 0 unspecified atom stereocenters. The predicted octanol–water partition coefficient (Wildman–Crippen LogP) is 2.96. The van der Waals surface area contributed by atoms with Crippen LogP contribution in [0.2, 0.25) is 0 Å². The van der Waals surface area contributed by atoms with Crippen molar-refractivity contribution in [1.82, 2.24) is 35.4 Å². The number of para-hydroxylation sites is 1. The number of rotatable bonds is 4. The number of hydrazine groups is 1. The van der Waals surface area contributed by atoms with Crippen LogP contribution < -0.4 is 10.9 Å². The van der Waals surface area contributed by atoms with Crippen molar-refractivity contribution in [3.63, 3.8) is 0 Å². The lowest BCUT2D eigenvalue weighted by Gasteiger charge is -2.18. The highest BCUT2D eigenvalue weighted by atomic mass is 16.2. The number of hydrogen-bond acceptors (Lipinski definition) is 5. The Bertz CT molecular complexity index is 1180. The summed E-state index contributed by atoms with van der Waals surface area (Å²) in [7, 11) is 0. The fourth-order valence-electron chi connectivity index (χ4n) is 2.98. The molecule has 0 fully saturated rings. The molecule has 2 aromatic heterocycles. The average molecular weight is 429 g/mol. The first-order chi connectivity index (χ1) is 15.3. The van der Waals surface area contributed by atoms with Gasteiger partial charge in [-0.2, -0.15) is 5.10 Å². The van der Waals surface area contributed by atoms with E-state index in [4.69, 9.17) is 0 Å². The summed E-state index contributed by atoms with van der Waals surface area (Å²) in [5.41, 5.74) is 6.40. The largest absolute Gasteiger partial charge is 0.309 e. The van der Waals surface area contributed by atoms with Crippen LogP contribution in [0.1, 0.15) is 41.7 Å². The molecule has 9 nitrogen and oxygen atoms in total. The van der Waals surface area contributed by atoms with Crippen LogP contribution in [0.15, 0.2) is 73.1 Å². The standard InChI is InChI=1S/C23H23N7O2/c1-23(2,3)29-15-17(14-24-29)21(31)26-27-22(32)19-25-20(16-10-6-4-7-11-16)30(28-19)18-12-8-5-9-13-18/h4-15H,1-3H3,(H,26,31)(H,27,32). The predicted molar refractivity (Wildman–Crippen MR) is 119 cm³/mol. The van der Waals surface area contributed by atoms with Gasteiger partial charge in [0.25, 0.3) is 5.91 Å². The van der Waals surface area contributed by atoms with Crippen molar-refractivity contribution in [2.24, 2.45) is 0 Å². The van der Waals surface area contributed by atoms with Crippen LogP contribution in [0, 0.1) is 0 Å². The topological polar surface area (TPSA) is 107 Å². The summed E-state index contributed by atoms with van der Waals surface area (Å²) in [5.74, 6) is -0.675. The zero-order valence-corrected chi connectivity index (χ0v) is 18.0. The SMILES string of the molecule is CC(C)(C)n1cc(C(=O)NNC(=O)c2nc(-c3ccccc3)n(-c3ccccc3)n2)cn1. The third-order valence-electron chi connectivity index (χ3n) is 4.66. The molecule has 2 aromatic carbocycles. The number of hydrogen-bond donors (Lipinski definition) is 2. The molecule has 0 aliphatic rings. The number of benzene rings is 2. The average Bonchev–Trinajstić information content (AvgIpc) is 3.46. The monoisotopic (exact) mass is 429 g/mol. The number of carbonyl (C=O) groups excluding carboxylic acids is 2. The van der Waals surface area contributed by atoms with Gasteiger partial charge in [0.05, 0.1) is 23.0 Å². The minimum Gasteiger partial charge on any atom is -0.267 e. The van der Waals surface area contributed by atoms with Crippen molar-refractivity contribution in [3.8, 4) is 17.1 Å². The van der Waals surface area contributed by atoms with E-state index < -0.39 is 11.8 Å². The van der Waals surface area contributed by atoms with E-state index in [0.29, 0.717) is 11.4 Å². The lowest BCUT2D eigenvalue weighted by Crippen LogP contribution is -2.42. The van der Waals surface area contributed by atoms with E-state index in [1.165, 1.54) is 6.20 Å². The molecule has 4 rings (SSSR count). The Hall–Kier alpha value is -4.27. The van der Waals surface area contributed by atoms with Crippen molar-refractivity contribution in [2.45, 2.75) is 26.3 Å². The third kappa shape index (κ3) is 4.41. The summed E-state index contributed by atoms with van der Waals surface area (Å²) in [5, 5.41) is 8.56. The summed E-state index contributed by atoms with van der Waals surface area (Å²) in [6.45, 7) is 5.92. The first kappa shape index (κ1) is 21.0. The second kappa shape index (κ2) is 8.46. The van der Waals surface area contributed by atoms with E-state index in [9.17, 15) is 9.59 Å². The Labute approximate surface area is 185 Å². The van der Waals surface area contributed by atoms with E-state index in [-0.39, 0.29) is 11.4 Å². The van der Waals surface area contributed by atoms with Crippen molar-refractivity contribution in [1.29, 1.82) is 0 Å². The molecule has 0 spiro atoms. The molecule has 0 saturated carbocycles. The van der Waals surface area contributed by atoms with E-state index >= 15 is 0 Å². The van der Waals surface area contributed by atoms with Crippen LogP contribution >= 0.6 is 0 Å². The van der Waals surface area contributed by atoms with Gasteiger partial charge in [-0.3, -0.25) is 25.1 Å². The van der Waals surface area contributed by atoms with Gasteiger partial charge in [0.15, 0.2) is 5.82 Å². The van der Waals surface area contributed by atoms with Crippen LogP contribution in [0.3, 0.4) is 0 Å². The van der Waals surface area contributed by atoms with Gasteiger partial charge in [-0.25, -0.2) is 9.67 Å². The van der Waals surface area contributed by atoms with Crippen LogP contribution in [0.25, 0.3) is 17.1 Å². The smallest absolute Gasteiger partial charge is 0.267 e. The normalized spacial score (nSPS) is 11.2. The van der Waals surface area contributed by atoms with Crippen LogP contribution in [-0.4, -0.2) is 36.4 Å². The minimum absolute atomic E-state index is 0.0709. The molecule has 0 saturated heterocycles. The number of carbonyl (C=O) groups is 2. The molecular formula is C23H23N7O2. The van der Waals surface area contributed by atoms with Gasteiger partial charge in [0.2, 0.25) is 5.82 Å². The molecule has 32 heavy (non-hydrogen) atoms. The van der Waals surface area contributed by atoms with E-state index in [1.807, 2.05) is 81.4 Å².